The van der Waals surface area contributed by atoms with Crippen molar-refractivity contribution in [2.24, 2.45) is 5.41 Å². The number of rotatable bonds is 5. The van der Waals surface area contributed by atoms with Crippen molar-refractivity contribution in [2.75, 3.05) is 13.7 Å². The van der Waals surface area contributed by atoms with Crippen LogP contribution in [0.3, 0.4) is 0 Å². The molecule has 0 bridgehead atoms. The zero-order valence-electron chi connectivity index (χ0n) is 12.3. The molecule has 0 aromatic carbocycles. The van der Waals surface area contributed by atoms with Crippen molar-refractivity contribution in [3.63, 3.8) is 0 Å². The van der Waals surface area contributed by atoms with Crippen molar-refractivity contribution < 1.29 is 9.53 Å². The Labute approximate surface area is 113 Å². The van der Waals surface area contributed by atoms with Crippen molar-refractivity contribution in [3.8, 4) is 0 Å². The van der Waals surface area contributed by atoms with E-state index in [1.165, 1.54) is 4.68 Å². The van der Waals surface area contributed by atoms with Crippen LogP contribution in [0, 0.1) is 12.3 Å². The quantitative estimate of drug-likeness (QED) is 0.830. The molecular formula is C13H23N3O3. The lowest BCUT2D eigenvalue weighted by atomic mass is 9.95. The third-order valence-electron chi connectivity index (χ3n) is 2.88. The van der Waals surface area contributed by atoms with Gasteiger partial charge in [0.1, 0.15) is 0 Å². The fourth-order valence-corrected chi connectivity index (χ4v) is 1.63. The van der Waals surface area contributed by atoms with E-state index in [1.54, 1.807) is 7.11 Å². The van der Waals surface area contributed by atoms with Crippen LogP contribution in [0.5, 0.6) is 0 Å². The molecule has 1 heterocycles. The number of hydrogen-bond donors (Lipinski definition) is 2. The Bertz CT molecular complexity index is 494. The van der Waals surface area contributed by atoms with Gasteiger partial charge in [0.2, 0.25) is 5.91 Å². The minimum atomic E-state index is -0.459. The minimum Gasteiger partial charge on any atom is -0.383 e. The summed E-state index contributed by atoms with van der Waals surface area (Å²) >= 11 is 0. The average molecular weight is 269 g/mol. The van der Waals surface area contributed by atoms with Gasteiger partial charge in [0.05, 0.1) is 25.3 Å². The van der Waals surface area contributed by atoms with Crippen molar-refractivity contribution >= 4 is 5.91 Å². The molecule has 0 saturated carbocycles. The highest BCUT2D eigenvalue weighted by molar-refractivity contribution is 5.81. The second kappa shape index (κ2) is 6.06. The molecule has 0 saturated heterocycles. The lowest BCUT2D eigenvalue weighted by molar-refractivity contribution is -0.128. The van der Waals surface area contributed by atoms with Gasteiger partial charge in [0, 0.05) is 18.2 Å². The highest BCUT2D eigenvalue weighted by atomic mass is 16.5. The Kier molecular flexibility index (Phi) is 4.94. The van der Waals surface area contributed by atoms with E-state index in [2.05, 4.69) is 10.4 Å². The molecule has 108 valence electrons. The molecule has 19 heavy (non-hydrogen) atoms. The van der Waals surface area contributed by atoms with Gasteiger partial charge in [-0.05, 0) is 6.92 Å². The van der Waals surface area contributed by atoms with E-state index in [-0.39, 0.29) is 18.0 Å². The van der Waals surface area contributed by atoms with Crippen molar-refractivity contribution in [3.05, 3.63) is 21.6 Å². The van der Waals surface area contributed by atoms with E-state index >= 15 is 0 Å². The fourth-order valence-electron chi connectivity index (χ4n) is 1.63. The van der Waals surface area contributed by atoms with Crippen LogP contribution in [0.15, 0.2) is 4.79 Å². The number of aromatic amines is 1. The van der Waals surface area contributed by atoms with Crippen LogP contribution in [-0.2, 0) is 22.6 Å². The number of ether oxygens (including phenoxy) is 1. The number of amides is 1. The largest absolute Gasteiger partial charge is 0.383 e. The predicted octanol–water partition coefficient (Wildman–Crippen LogP) is 0.794. The molecule has 0 aliphatic rings. The number of hydrogen-bond acceptors (Lipinski definition) is 3. The molecule has 0 fully saturated rings. The summed E-state index contributed by atoms with van der Waals surface area (Å²) in [4.78, 5) is 23.9. The topological polar surface area (TPSA) is 76.1 Å². The summed E-state index contributed by atoms with van der Waals surface area (Å²) in [6.07, 6.45) is 0. The number of aryl methyl sites for hydroxylation is 1. The van der Waals surface area contributed by atoms with Crippen LogP contribution < -0.4 is 10.9 Å². The van der Waals surface area contributed by atoms with Crippen LogP contribution in [-0.4, -0.2) is 29.4 Å². The summed E-state index contributed by atoms with van der Waals surface area (Å²) < 4.78 is 6.44. The second-order valence-corrected chi connectivity index (χ2v) is 5.60. The highest BCUT2D eigenvalue weighted by Crippen LogP contribution is 2.12. The van der Waals surface area contributed by atoms with E-state index in [4.69, 9.17) is 4.74 Å². The number of nitrogens with zero attached hydrogens (tertiary/aromatic N) is 1. The molecule has 0 radical (unpaired) electrons. The zero-order chi connectivity index (χ0) is 14.6. The number of methoxy groups -OCH3 is 1. The summed E-state index contributed by atoms with van der Waals surface area (Å²) in [5, 5.41) is 5.77. The Morgan fingerprint density at radius 1 is 1.42 bits per heavy atom. The maximum atomic E-state index is 12.1. The van der Waals surface area contributed by atoms with E-state index in [0.29, 0.717) is 18.7 Å². The highest BCUT2D eigenvalue weighted by Gasteiger charge is 2.21. The number of nitrogens with one attached hydrogen (secondary N) is 2. The lowest BCUT2D eigenvalue weighted by Crippen LogP contribution is -2.35. The van der Waals surface area contributed by atoms with Gasteiger partial charge in [-0.2, -0.15) is 0 Å². The maximum absolute atomic E-state index is 12.1. The number of aromatic nitrogens is 2. The average Bonchev–Trinajstić information content (AvgIpc) is 2.58. The molecule has 1 amide bonds. The van der Waals surface area contributed by atoms with E-state index in [9.17, 15) is 9.59 Å². The third-order valence-corrected chi connectivity index (χ3v) is 2.88. The Hall–Kier alpha value is -1.56. The number of carbonyl (C=O) groups is 1. The standard InChI is InChI=1S/C13H23N3O3/c1-9-10(8-14-12(18)13(2,3)4)11(17)16(15-9)6-7-19-5/h15H,6-8H2,1-5H3,(H,14,18). The number of H-pyrrole nitrogens is 1. The van der Waals surface area contributed by atoms with E-state index in [0.717, 1.165) is 5.69 Å². The van der Waals surface area contributed by atoms with Gasteiger partial charge in [-0.15, -0.1) is 0 Å². The normalized spacial score (nSPS) is 11.6. The molecule has 0 atom stereocenters. The zero-order valence-corrected chi connectivity index (χ0v) is 12.3. The third kappa shape index (κ3) is 3.96. The maximum Gasteiger partial charge on any atom is 0.271 e. The Morgan fingerprint density at radius 3 is 2.58 bits per heavy atom. The first-order valence-corrected chi connectivity index (χ1v) is 6.33. The molecule has 6 nitrogen and oxygen atoms in total. The molecule has 6 heteroatoms. The Balaban J connectivity index is 2.77. The van der Waals surface area contributed by atoms with Crippen LogP contribution in [0.25, 0.3) is 0 Å². The van der Waals surface area contributed by atoms with Crippen LogP contribution in [0.2, 0.25) is 0 Å². The van der Waals surface area contributed by atoms with Gasteiger partial charge in [-0.3, -0.25) is 19.4 Å². The first-order valence-electron chi connectivity index (χ1n) is 6.33. The van der Waals surface area contributed by atoms with Crippen LogP contribution in [0.4, 0.5) is 0 Å². The van der Waals surface area contributed by atoms with Crippen LogP contribution >= 0.6 is 0 Å². The van der Waals surface area contributed by atoms with Gasteiger partial charge in [0.15, 0.2) is 0 Å². The Morgan fingerprint density at radius 2 is 2.05 bits per heavy atom. The van der Waals surface area contributed by atoms with E-state index in [1.807, 2.05) is 27.7 Å². The molecular weight excluding hydrogens is 246 g/mol. The number of carbonyl (C=O) groups excluding carboxylic acids is 1. The molecule has 1 aromatic rings. The molecule has 0 aliphatic heterocycles. The van der Waals surface area contributed by atoms with Gasteiger partial charge >= 0.3 is 0 Å². The summed E-state index contributed by atoms with van der Waals surface area (Å²) in [6.45, 7) is 8.52. The van der Waals surface area contributed by atoms with Crippen LogP contribution in [0.1, 0.15) is 32.0 Å². The first-order chi connectivity index (χ1) is 8.77. The second-order valence-electron chi connectivity index (χ2n) is 5.60. The van der Waals surface area contributed by atoms with Gasteiger partial charge in [0.25, 0.3) is 5.56 Å². The summed E-state index contributed by atoms with van der Waals surface area (Å²) in [5.41, 5.74) is 0.798. The molecule has 0 unspecified atom stereocenters. The van der Waals surface area contributed by atoms with E-state index < -0.39 is 5.41 Å². The SMILES string of the molecule is COCCn1[nH]c(C)c(CNC(=O)C(C)(C)C)c1=O. The molecule has 0 aliphatic carbocycles. The first kappa shape index (κ1) is 15.5. The molecule has 0 spiro atoms. The summed E-state index contributed by atoms with van der Waals surface area (Å²) in [6, 6.07) is 0. The summed E-state index contributed by atoms with van der Waals surface area (Å²) in [5.74, 6) is -0.0732. The van der Waals surface area contributed by atoms with Gasteiger partial charge in [-0.1, -0.05) is 20.8 Å². The summed E-state index contributed by atoms with van der Waals surface area (Å²) in [7, 11) is 1.59. The van der Waals surface area contributed by atoms with Crippen molar-refractivity contribution in [1.82, 2.24) is 15.1 Å². The monoisotopic (exact) mass is 269 g/mol. The van der Waals surface area contributed by atoms with Gasteiger partial charge in [-0.25, -0.2) is 0 Å². The van der Waals surface area contributed by atoms with Crippen molar-refractivity contribution in [2.45, 2.75) is 40.8 Å². The molecule has 1 aromatic heterocycles. The molecule has 2 N–H and O–H groups in total. The predicted molar refractivity (Wildman–Crippen MR) is 73.0 cm³/mol. The minimum absolute atomic E-state index is 0.0732. The molecule has 1 rings (SSSR count). The van der Waals surface area contributed by atoms with Gasteiger partial charge < -0.3 is 10.1 Å². The van der Waals surface area contributed by atoms with Crippen molar-refractivity contribution in [1.29, 1.82) is 0 Å². The fraction of sp³-hybridized carbons (Fsp3) is 0.692. The lowest BCUT2D eigenvalue weighted by Gasteiger charge is -2.17. The smallest absolute Gasteiger partial charge is 0.271 e.